The van der Waals surface area contributed by atoms with Gasteiger partial charge in [-0.1, -0.05) is 0 Å². The molecular weight excluding hydrogens is 234 g/mol. The van der Waals surface area contributed by atoms with Crippen LogP contribution >= 0.6 is 0 Å². The number of terminal acetylenes is 1. The zero-order valence-corrected chi connectivity index (χ0v) is 9.82. The van der Waals surface area contributed by atoms with E-state index in [0.717, 1.165) is 0 Å². The van der Waals surface area contributed by atoms with Crippen LogP contribution in [0, 0.1) is 18.3 Å². The highest BCUT2D eigenvalue weighted by molar-refractivity contribution is 5.23. The van der Waals surface area contributed by atoms with Crippen LogP contribution in [0.3, 0.4) is 0 Å². The van der Waals surface area contributed by atoms with Gasteiger partial charge in [0.15, 0.2) is 0 Å². The van der Waals surface area contributed by atoms with Crippen LogP contribution in [-0.4, -0.2) is 27.4 Å². The Hall–Kier alpha value is -1.84. The molecule has 0 aliphatic carbocycles. The molecule has 0 amide bonds. The Morgan fingerprint density at radius 2 is 2.50 bits per heavy atom. The van der Waals surface area contributed by atoms with Crippen LogP contribution in [0.25, 0.3) is 0 Å². The molecule has 18 heavy (non-hydrogen) atoms. The van der Waals surface area contributed by atoms with Gasteiger partial charge in [-0.15, -0.1) is 12.3 Å². The van der Waals surface area contributed by atoms with Gasteiger partial charge in [0.2, 0.25) is 0 Å². The van der Waals surface area contributed by atoms with Crippen molar-refractivity contribution in [2.45, 2.75) is 25.2 Å². The molecule has 0 spiro atoms. The van der Waals surface area contributed by atoms with Gasteiger partial charge >= 0.3 is 5.69 Å². The van der Waals surface area contributed by atoms with E-state index < -0.39 is 11.9 Å². The predicted octanol–water partition coefficient (Wildman–Crippen LogP) is -0.255. The molecule has 1 aromatic heterocycles. The van der Waals surface area contributed by atoms with Crippen LogP contribution in [0.4, 0.5) is 5.82 Å². The molecule has 0 unspecified atom stereocenters. The lowest BCUT2D eigenvalue weighted by atomic mass is 10.00. The summed E-state index contributed by atoms with van der Waals surface area (Å²) in [4.78, 5) is 15.4. The smallest absolute Gasteiger partial charge is 0.351 e. The Kier molecular flexibility index (Phi) is 3.65. The molecule has 3 atom stereocenters. The maximum atomic E-state index is 11.7. The number of aliphatic hydroxyl groups is 1. The minimum atomic E-state index is -0.487. The average molecular weight is 249 g/mol. The SMILES string of the molecule is C#CC[C@@H]1C[C@@H](CO)O[C@H]1n1ccc(N)nc1=O. The third-order valence-corrected chi connectivity index (χ3v) is 3.01. The molecule has 3 N–H and O–H groups in total. The monoisotopic (exact) mass is 249 g/mol. The fourth-order valence-electron chi connectivity index (χ4n) is 2.18. The van der Waals surface area contributed by atoms with Gasteiger partial charge in [-0.05, 0) is 12.5 Å². The molecular formula is C12H15N3O3. The molecule has 2 heterocycles. The van der Waals surface area contributed by atoms with Gasteiger partial charge in [-0.25, -0.2) is 4.79 Å². The summed E-state index contributed by atoms with van der Waals surface area (Å²) in [6.45, 7) is -0.0886. The summed E-state index contributed by atoms with van der Waals surface area (Å²) >= 11 is 0. The third-order valence-electron chi connectivity index (χ3n) is 3.01. The number of anilines is 1. The van der Waals surface area contributed by atoms with Gasteiger partial charge in [-0.3, -0.25) is 4.57 Å². The van der Waals surface area contributed by atoms with E-state index in [2.05, 4.69) is 10.9 Å². The first kappa shape index (κ1) is 12.6. The van der Waals surface area contributed by atoms with Crippen molar-refractivity contribution in [3.05, 3.63) is 22.7 Å². The van der Waals surface area contributed by atoms with Crippen LogP contribution in [0.2, 0.25) is 0 Å². The summed E-state index contributed by atoms with van der Waals surface area (Å²) in [5.74, 6) is 2.73. The lowest BCUT2D eigenvalue weighted by molar-refractivity contribution is -0.0348. The molecule has 0 bridgehead atoms. The zero-order chi connectivity index (χ0) is 13.1. The number of nitrogens with zero attached hydrogens (tertiary/aromatic N) is 2. The molecule has 6 nitrogen and oxygen atoms in total. The molecule has 0 aromatic carbocycles. The van der Waals surface area contributed by atoms with Gasteiger partial charge in [0.1, 0.15) is 12.0 Å². The fraction of sp³-hybridized carbons (Fsp3) is 0.500. The van der Waals surface area contributed by atoms with Crippen LogP contribution in [0.15, 0.2) is 17.1 Å². The molecule has 1 saturated heterocycles. The van der Waals surface area contributed by atoms with Crippen molar-refractivity contribution >= 4 is 5.82 Å². The number of nitrogen functional groups attached to an aromatic ring is 1. The largest absolute Gasteiger partial charge is 0.394 e. The second-order valence-corrected chi connectivity index (χ2v) is 4.28. The number of nitrogens with two attached hydrogens (primary N) is 1. The number of aliphatic hydroxyl groups excluding tert-OH is 1. The van der Waals surface area contributed by atoms with E-state index in [9.17, 15) is 4.79 Å². The van der Waals surface area contributed by atoms with E-state index in [-0.39, 0.29) is 24.4 Å². The highest BCUT2D eigenvalue weighted by Crippen LogP contribution is 2.35. The molecule has 1 fully saturated rings. The minimum absolute atomic E-state index is 0.00438. The summed E-state index contributed by atoms with van der Waals surface area (Å²) in [6.07, 6.45) is 7.18. The lowest BCUT2D eigenvalue weighted by Crippen LogP contribution is -2.30. The molecule has 6 heteroatoms. The van der Waals surface area contributed by atoms with E-state index >= 15 is 0 Å². The van der Waals surface area contributed by atoms with E-state index in [1.807, 2.05) is 0 Å². The van der Waals surface area contributed by atoms with Crippen molar-refractivity contribution in [1.29, 1.82) is 0 Å². The van der Waals surface area contributed by atoms with Crippen LogP contribution in [-0.2, 0) is 4.74 Å². The van der Waals surface area contributed by atoms with Crippen molar-refractivity contribution in [2.24, 2.45) is 5.92 Å². The number of hydrogen-bond donors (Lipinski definition) is 2. The highest BCUT2D eigenvalue weighted by atomic mass is 16.5. The first-order valence-corrected chi connectivity index (χ1v) is 5.70. The zero-order valence-electron chi connectivity index (χ0n) is 9.82. The Labute approximate surface area is 104 Å². The highest BCUT2D eigenvalue weighted by Gasteiger charge is 2.36. The summed E-state index contributed by atoms with van der Waals surface area (Å²) in [5, 5.41) is 9.13. The van der Waals surface area contributed by atoms with Crippen molar-refractivity contribution in [3.8, 4) is 12.3 Å². The normalized spacial score (nSPS) is 27.0. The maximum absolute atomic E-state index is 11.7. The maximum Gasteiger partial charge on any atom is 0.351 e. The molecule has 96 valence electrons. The number of ether oxygens (including phenoxy) is 1. The van der Waals surface area contributed by atoms with Crippen LogP contribution in [0.5, 0.6) is 0 Å². The molecule has 1 aliphatic rings. The molecule has 2 rings (SSSR count). The summed E-state index contributed by atoms with van der Waals surface area (Å²) < 4.78 is 6.99. The third kappa shape index (κ3) is 2.37. The van der Waals surface area contributed by atoms with Gasteiger partial charge in [0.25, 0.3) is 0 Å². The Morgan fingerprint density at radius 1 is 1.72 bits per heavy atom. The molecule has 0 saturated carbocycles. The first-order valence-electron chi connectivity index (χ1n) is 5.70. The Balaban J connectivity index is 2.30. The Bertz CT molecular complexity index is 520. The molecule has 1 aliphatic heterocycles. The van der Waals surface area contributed by atoms with E-state index in [1.165, 1.54) is 10.6 Å². The van der Waals surface area contributed by atoms with Gasteiger partial charge in [0.05, 0.1) is 12.7 Å². The second-order valence-electron chi connectivity index (χ2n) is 4.28. The van der Waals surface area contributed by atoms with E-state index in [1.54, 1.807) is 6.20 Å². The quantitative estimate of drug-likeness (QED) is 0.721. The summed E-state index contributed by atoms with van der Waals surface area (Å²) in [6, 6.07) is 1.53. The predicted molar refractivity (Wildman–Crippen MR) is 65.5 cm³/mol. The van der Waals surface area contributed by atoms with E-state index in [0.29, 0.717) is 12.8 Å². The van der Waals surface area contributed by atoms with Crippen molar-refractivity contribution in [2.75, 3.05) is 12.3 Å². The number of rotatable bonds is 3. The van der Waals surface area contributed by atoms with Crippen LogP contribution < -0.4 is 11.4 Å². The number of aromatic nitrogens is 2. The second kappa shape index (κ2) is 5.21. The van der Waals surface area contributed by atoms with Gasteiger partial charge in [-0.2, -0.15) is 4.98 Å². The minimum Gasteiger partial charge on any atom is -0.394 e. The van der Waals surface area contributed by atoms with Gasteiger partial charge < -0.3 is 15.6 Å². The summed E-state index contributed by atoms with van der Waals surface area (Å²) in [7, 11) is 0. The van der Waals surface area contributed by atoms with Crippen molar-refractivity contribution < 1.29 is 9.84 Å². The lowest BCUT2D eigenvalue weighted by Gasteiger charge is -2.19. The average Bonchev–Trinajstić information content (AvgIpc) is 2.73. The fourth-order valence-corrected chi connectivity index (χ4v) is 2.18. The van der Waals surface area contributed by atoms with Crippen LogP contribution in [0.1, 0.15) is 19.1 Å². The molecule has 0 radical (unpaired) electrons. The first-order chi connectivity index (χ1) is 8.65. The Morgan fingerprint density at radius 3 is 3.11 bits per heavy atom. The number of hydrogen-bond acceptors (Lipinski definition) is 5. The van der Waals surface area contributed by atoms with Crippen molar-refractivity contribution in [3.63, 3.8) is 0 Å². The van der Waals surface area contributed by atoms with Crippen molar-refractivity contribution in [1.82, 2.24) is 9.55 Å². The molecule has 1 aromatic rings. The van der Waals surface area contributed by atoms with E-state index in [4.69, 9.17) is 22.0 Å². The standard InChI is InChI=1S/C12H15N3O3/c1-2-3-8-6-9(7-16)18-11(8)15-5-4-10(13)14-12(15)17/h1,4-5,8-9,11,16H,3,6-7H2,(H2,13,14,17)/t8-,9+,11-/m1/s1. The topological polar surface area (TPSA) is 90.4 Å². The van der Waals surface area contributed by atoms with Gasteiger partial charge in [0, 0.05) is 18.5 Å². The summed E-state index contributed by atoms with van der Waals surface area (Å²) in [5.41, 5.74) is 4.96.